The normalized spacial score (nSPS) is 12.0. The smallest absolute Gasteiger partial charge is 0.124 e. The number of thioether (sulfide) groups is 8. The summed E-state index contributed by atoms with van der Waals surface area (Å²) in [6, 6.07) is 23.1. The molecule has 4 aromatic carbocycles. The van der Waals surface area contributed by atoms with Crippen molar-refractivity contribution in [3.63, 3.8) is 0 Å². The molecule has 32 heteroatoms. The molecule has 0 unspecified atom stereocenters. The van der Waals surface area contributed by atoms with Gasteiger partial charge in [0.15, 0.2) is 0 Å². The summed E-state index contributed by atoms with van der Waals surface area (Å²) in [5.41, 5.74) is 3.71. The Labute approximate surface area is 776 Å². The second kappa shape index (κ2) is 70.8. The zero-order valence-corrected chi connectivity index (χ0v) is 87.0. The Morgan fingerprint density at radius 3 is 0.525 bits per heavy atom. The number of nitrogens with zero attached hydrogens (tertiary/aromatic N) is 8. The zero-order chi connectivity index (χ0) is 90.2. The number of benzene rings is 4. The van der Waals surface area contributed by atoms with Crippen LogP contribution in [0.4, 0.5) is 0 Å². The van der Waals surface area contributed by atoms with Crippen molar-refractivity contribution in [2.45, 2.75) is 130 Å². The first kappa shape index (κ1) is 134. The molecular formula is C88H180N8O12S12+4. The zero-order valence-electron chi connectivity index (χ0n) is 77.2. The molecule has 0 saturated carbocycles. The highest BCUT2D eigenvalue weighted by Gasteiger charge is 2.18. The van der Waals surface area contributed by atoms with Gasteiger partial charge < -0.3 is 54.1 Å². The van der Waals surface area contributed by atoms with Gasteiger partial charge in [-0.25, -0.2) is 33.7 Å². The second-order valence-corrected chi connectivity index (χ2v) is 50.7. The van der Waals surface area contributed by atoms with E-state index in [-0.39, 0.29) is 49.3 Å². The van der Waals surface area contributed by atoms with E-state index in [0.717, 1.165) is 49.2 Å². The molecule has 0 atom stereocenters. The molecule has 0 aliphatic carbocycles. The van der Waals surface area contributed by atoms with Crippen molar-refractivity contribution in [2.24, 2.45) is 0 Å². The lowest BCUT2D eigenvalue weighted by Gasteiger charge is -2.32. The van der Waals surface area contributed by atoms with E-state index in [1.807, 2.05) is 27.7 Å². The van der Waals surface area contributed by atoms with Crippen LogP contribution in [-0.4, -0.2) is 399 Å². The molecule has 712 valence electrons. The van der Waals surface area contributed by atoms with E-state index >= 15 is 0 Å². The van der Waals surface area contributed by atoms with Crippen LogP contribution < -0.4 is 0 Å². The third kappa shape index (κ3) is 91.7. The lowest BCUT2D eigenvalue weighted by molar-refractivity contribution is -0.903. The fourth-order valence-corrected chi connectivity index (χ4v) is 20.4. The van der Waals surface area contributed by atoms with E-state index in [1.165, 1.54) is 254 Å². The summed E-state index contributed by atoms with van der Waals surface area (Å²) in [6.45, 7) is 31.9. The molecule has 0 saturated heterocycles. The van der Waals surface area contributed by atoms with E-state index < -0.39 is 40.5 Å². The monoisotopic (exact) mass is 1930 g/mol. The predicted octanol–water partition coefficient (Wildman–Crippen LogP) is 16.7. The van der Waals surface area contributed by atoms with Crippen LogP contribution in [0.15, 0.2) is 117 Å². The Bertz CT molecular complexity index is 3120. The number of aryl methyl sites for hydroxylation is 4. The molecule has 4 aromatic rings. The van der Waals surface area contributed by atoms with Crippen LogP contribution in [0.25, 0.3) is 0 Å². The average molecular weight is 1930 g/mol. The van der Waals surface area contributed by atoms with Crippen molar-refractivity contribution in [3.05, 3.63) is 119 Å². The Balaban J connectivity index is -0.000000200. The summed E-state index contributed by atoms with van der Waals surface area (Å²) >= 11 is 17.0. The molecule has 20 nitrogen and oxygen atoms in total. The van der Waals surface area contributed by atoms with E-state index in [0.29, 0.717) is 0 Å². The first-order chi connectivity index (χ1) is 53.1. The molecule has 0 amide bonds. The third-order valence-electron chi connectivity index (χ3n) is 17.7. The van der Waals surface area contributed by atoms with Crippen LogP contribution in [0.1, 0.15) is 105 Å². The molecule has 0 bridgehead atoms. The van der Waals surface area contributed by atoms with Crippen LogP contribution in [0, 0.1) is 27.7 Å². The first-order valence-electron chi connectivity index (χ1n) is 40.3. The quantitative estimate of drug-likeness (QED) is 0.0227. The summed E-state index contributed by atoms with van der Waals surface area (Å²) in [4.78, 5) is -0.711. The Kier molecular flexibility index (Phi) is 79.4. The molecule has 0 heterocycles. The molecule has 0 radical (unpaired) electrons. The summed E-state index contributed by atoms with van der Waals surface area (Å²) < 4.78 is 134. The average Bonchev–Trinajstić information content (AvgIpc) is 0.877. The number of unbranched alkanes of at least 4 members (excludes halogenated alkanes) is 1. The van der Waals surface area contributed by atoms with Crippen molar-refractivity contribution in [1.82, 2.24) is 0 Å². The van der Waals surface area contributed by atoms with E-state index in [1.54, 1.807) is 48.5 Å². The van der Waals surface area contributed by atoms with Gasteiger partial charge in [-0.2, -0.15) is 94.1 Å². The maximum Gasteiger partial charge on any atom is 0.124 e. The lowest BCUT2D eigenvalue weighted by Crippen LogP contribution is -2.45. The maximum absolute atomic E-state index is 10.4. The SMILES string of the molecule is C.C.C.C.CC[N+](C)(CC)CCSCCSCC[N+](C)(CC)CC.C[N+](C)(C)CCCCSCCSCC[N+](C)(C)C.C[N+](C)(C)CCCSCCSCCC[N+](C)(C)C.C[N+](C)(C)CCSCCSCC[N+](C)(C)C.Cc1ccc(S(=O)(=O)[O-])cc1.Cc1ccc(S(=O)(=O)[O-])cc1.Cc1ccc(S(=O)(=O)[O-])cc1.Cc1ccc(S(=O)(=O)[O-])cc1. The van der Waals surface area contributed by atoms with Crippen LogP contribution in [-0.2, 0) is 40.5 Å². The topological polar surface area (TPSA) is 229 Å². The van der Waals surface area contributed by atoms with Gasteiger partial charge in [0.2, 0.25) is 0 Å². The van der Waals surface area contributed by atoms with E-state index in [2.05, 4.69) is 263 Å². The van der Waals surface area contributed by atoms with Crippen molar-refractivity contribution >= 4 is 135 Å². The van der Waals surface area contributed by atoms with E-state index in [9.17, 15) is 51.9 Å². The van der Waals surface area contributed by atoms with Gasteiger partial charge in [0.05, 0.1) is 239 Å². The number of hydrogen-bond acceptors (Lipinski definition) is 20. The summed E-state index contributed by atoms with van der Waals surface area (Å²) in [5, 5.41) is 0. The summed E-state index contributed by atoms with van der Waals surface area (Å²) in [5.74, 6) is 21.1. The minimum Gasteiger partial charge on any atom is -0.744 e. The number of rotatable bonds is 48. The first-order valence-corrected chi connectivity index (χ1v) is 55.2. The summed E-state index contributed by atoms with van der Waals surface area (Å²) in [6.07, 6.45) is 5.44. The highest BCUT2D eigenvalue weighted by atomic mass is 32.2. The largest absolute Gasteiger partial charge is 0.744 e. The Morgan fingerprint density at radius 2 is 0.367 bits per heavy atom. The second-order valence-electron chi connectivity index (χ2n) is 35.4. The summed E-state index contributed by atoms with van der Waals surface area (Å²) in [7, 11) is 28.5. The number of hydrogen-bond donors (Lipinski definition) is 0. The van der Waals surface area contributed by atoms with Gasteiger partial charge in [0, 0.05) is 87.6 Å². The van der Waals surface area contributed by atoms with Crippen molar-refractivity contribution in [2.75, 3.05) is 312 Å². The standard InChI is InChI=1S/C16H38N2S2.2C14H34N2S2.C12H30N2S2.4C7H8O3S.4CH4/c1-7-17(5,8-2)11-13-19-15-16-20-14-12-18(6,9-3)10-4;1-15(2,3)9-7-11-17-13-14-18-12-8-10-16(4,5)6;1-15(2,3)9-7-8-11-17-13-14-18-12-10-16(4,5)6;1-13(2,3)7-9-15-11-12-16-10-8-14(4,5)6;4*1-6-2-4-7(5-3-6)11(8,9)10;;;;/h7-16H2,1-6H3;2*7-14H2,1-6H3;7-12H2,1-6H3;4*2-5H,1H3,(H,8,9,10);4*1H4/q4*+2;;;;;;;;/p-4. The fourth-order valence-electron chi connectivity index (χ4n) is 8.84. The Hall–Kier alpha value is -1.000. The van der Waals surface area contributed by atoms with Gasteiger partial charge >= 0.3 is 0 Å². The van der Waals surface area contributed by atoms with Crippen LogP contribution >= 0.6 is 94.1 Å². The molecule has 4 rings (SSSR count). The van der Waals surface area contributed by atoms with Gasteiger partial charge in [-0.1, -0.05) is 100 Å². The van der Waals surface area contributed by atoms with Crippen molar-refractivity contribution in [3.8, 4) is 0 Å². The molecule has 0 aliphatic heterocycles. The number of quaternary nitrogens is 8. The molecule has 0 N–H and O–H groups in total. The minimum atomic E-state index is -4.27. The van der Waals surface area contributed by atoms with Gasteiger partial charge in [-0.3, -0.25) is 0 Å². The minimum absolute atomic E-state index is 0. The van der Waals surface area contributed by atoms with E-state index in [4.69, 9.17) is 0 Å². The molecule has 120 heavy (non-hydrogen) atoms. The van der Waals surface area contributed by atoms with Gasteiger partial charge in [0.25, 0.3) is 0 Å². The van der Waals surface area contributed by atoms with Gasteiger partial charge in [-0.15, -0.1) is 0 Å². The maximum atomic E-state index is 10.4. The van der Waals surface area contributed by atoms with Gasteiger partial charge in [0.1, 0.15) is 40.5 Å². The van der Waals surface area contributed by atoms with Gasteiger partial charge in [-0.05, 0) is 134 Å². The fraction of sp³-hybridized carbons (Fsp3) is 0.727. The molecule has 0 aliphatic rings. The highest BCUT2D eigenvalue weighted by Crippen LogP contribution is 2.18. The van der Waals surface area contributed by atoms with Crippen LogP contribution in [0.5, 0.6) is 0 Å². The molecular weight excluding hydrogens is 1750 g/mol. The molecule has 0 fully saturated rings. The van der Waals surface area contributed by atoms with Crippen molar-refractivity contribution in [1.29, 1.82) is 0 Å². The van der Waals surface area contributed by atoms with Crippen LogP contribution in [0.3, 0.4) is 0 Å². The molecule has 0 spiro atoms. The van der Waals surface area contributed by atoms with Crippen LogP contribution in [0.2, 0.25) is 0 Å². The lowest BCUT2D eigenvalue weighted by atomic mass is 10.2. The molecule has 0 aromatic heterocycles. The highest BCUT2D eigenvalue weighted by molar-refractivity contribution is 8.04. The predicted molar refractivity (Wildman–Crippen MR) is 542 cm³/mol. The Morgan fingerprint density at radius 1 is 0.217 bits per heavy atom. The van der Waals surface area contributed by atoms with Crippen molar-refractivity contribution < 1.29 is 87.7 Å². The third-order valence-corrected chi connectivity index (χ3v) is 30.1.